The quantitative estimate of drug-likeness (QED) is 0.0276. The van der Waals surface area contributed by atoms with Gasteiger partial charge in [-0.2, -0.15) is 0 Å². The molecule has 0 saturated heterocycles. The maximum Gasteiger partial charge on any atom is 0.325 e. The molecule has 4 unspecified atom stereocenters. The summed E-state index contributed by atoms with van der Waals surface area (Å²) in [7, 11) is 4.62. The molecule has 0 aromatic rings. The van der Waals surface area contributed by atoms with E-state index >= 15 is 0 Å². The minimum absolute atomic E-state index is 0.00638. The molecular weight excluding hydrogens is 767 g/mol. The van der Waals surface area contributed by atoms with Crippen LogP contribution in [0, 0.1) is 0 Å². The Morgan fingerprint density at radius 1 is 0.536 bits per heavy atom. The summed E-state index contributed by atoms with van der Waals surface area (Å²) in [6, 6.07) is -3.98. The van der Waals surface area contributed by atoms with Crippen LogP contribution in [-0.4, -0.2) is 117 Å². The van der Waals surface area contributed by atoms with E-state index in [1.807, 2.05) is 0 Å². The van der Waals surface area contributed by atoms with Crippen molar-refractivity contribution in [3.05, 3.63) is 0 Å². The van der Waals surface area contributed by atoms with Gasteiger partial charge in [0, 0.05) is 43.9 Å². The highest BCUT2D eigenvalue weighted by Crippen LogP contribution is 2.24. The molecule has 56 heavy (non-hydrogen) atoms. The van der Waals surface area contributed by atoms with E-state index in [1.54, 1.807) is 0 Å². The first-order chi connectivity index (χ1) is 26.8. The molecule has 0 aromatic heterocycles. The van der Waals surface area contributed by atoms with Crippen LogP contribution in [0.4, 0.5) is 0 Å². The lowest BCUT2D eigenvalue weighted by atomic mass is 10.1. The molecule has 0 fully saturated rings. The molecule has 0 bridgehead atoms. The summed E-state index contributed by atoms with van der Waals surface area (Å²) in [5.41, 5.74) is 12.0. The molecule has 0 rings (SSSR count). The zero-order chi connectivity index (χ0) is 42.1. The van der Waals surface area contributed by atoms with Crippen LogP contribution in [0.3, 0.4) is 0 Å². The number of hydrogen-bond donors (Lipinski definition) is 7. The van der Waals surface area contributed by atoms with E-state index in [2.05, 4.69) is 49.9 Å². The van der Waals surface area contributed by atoms with E-state index in [1.165, 1.54) is 7.11 Å². The smallest absolute Gasteiger partial charge is 0.325 e. The van der Waals surface area contributed by atoms with Crippen LogP contribution in [0.1, 0.15) is 117 Å². The number of unbranched alkanes of at least 4 members (excludes halogenated alkanes) is 8. The second-order valence-electron chi connectivity index (χ2n) is 13.3. The predicted octanol–water partition coefficient (Wildman–Crippen LogP) is 1.54. The van der Waals surface area contributed by atoms with E-state index in [-0.39, 0.29) is 61.8 Å². The summed E-state index contributed by atoms with van der Waals surface area (Å²) in [6.45, 7) is 4.80. The van der Waals surface area contributed by atoms with Gasteiger partial charge in [0.2, 0.25) is 29.5 Å². The molecule has 0 aromatic carbocycles. The van der Waals surface area contributed by atoms with E-state index in [0.717, 1.165) is 92.9 Å². The number of methoxy groups -OCH3 is 2. The summed E-state index contributed by atoms with van der Waals surface area (Å²) in [5, 5.41) is 13.2. The monoisotopic (exact) mass is 833 g/mol. The van der Waals surface area contributed by atoms with Crippen LogP contribution in [0.2, 0.25) is 0 Å². The van der Waals surface area contributed by atoms with Gasteiger partial charge in [-0.05, 0) is 25.7 Å². The molecule has 17 nitrogen and oxygen atoms in total. The lowest BCUT2D eigenvalue weighted by Gasteiger charge is -2.20. The average Bonchev–Trinajstić information content (AvgIpc) is 3.19. The molecule has 0 aliphatic carbocycles. The molecule has 0 aliphatic heterocycles. The third kappa shape index (κ3) is 27.2. The van der Waals surface area contributed by atoms with Gasteiger partial charge >= 0.3 is 11.9 Å². The molecule has 0 saturated carbocycles. The van der Waals surface area contributed by atoms with Crippen molar-refractivity contribution in [2.45, 2.75) is 141 Å². The number of ketones is 1. The Balaban J connectivity index is 5.26. The van der Waals surface area contributed by atoms with Crippen molar-refractivity contribution in [3.63, 3.8) is 0 Å². The minimum atomic E-state index is -1.12. The van der Waals surface area contributed by atoms with Gasteiger partial charge in [-0.1, -0.05) is 86.8 Å². The third-order valence-electron chi connectivity index (χ3n) is 8.56. The zero-order valence-corrected chi connectivity index (χ0v) is 35.3. The Morgan fingerprint density at radius 2 is 0.982 bits per heavy atom. The fourth-order valence-corrected chi connectivity index (χ4v) is 7.36. The largest absolute Gasteiger partial charge is 0.469 e. The summed E-state index contributed by atoms with van der Waals surface area (Å²) >= 11 is 0. The summed E-state index contributed by atoms with van der Waals surface area (Å²) in [6.07, 6.45) is 9.80. The zero-order valence-electron chi connectivity index (χ0n) is 33.7. The highest BCUT2D eigenvalue weighted by molar-refractivity contribution is 8.76. The molecule has 9 N–H and O–H groups in total. The molecule has 5 amide bonds. The predicted molar refractivity (Wildman–Crippen MR) is 218 cm³/mol. The fraction of sp³-hybridized carbons (Fsp3) is 0.784. The Kier molecular flexibility index (Phi) is 31.6. The lowest BCUT2D eigenvalue weighted by molar-refractivity contribution is -0.142. The maximum atomic E-state index is 13.1. The van der Waals surface area contributed by atoms with Crippen molar-refractivity contribution in [1.29, 1.82) is 0 Å². The Morgan fingerprint density at radius 3 is 1.45 bits per heavy atom. The third-order valence-corrected chi connectivity index (χ3v) is 11.0. The van der Waals surface area contributed by atoms with Crippen LogP contribution in [0.5, 0.6) is 0 Å². The van der Waals surface area contributed by atoms with Gasteiger partial charge in [0.25, 0.3) is 0 Å². The minimum Gasteiger partial charge on any atom is -0.469 e. The molecule has 0 aliphatic rings. The van der Waals surface area contributed by atoms with Gasteiger partial charge in [0.05, 0.1) is 38.8 Å². The number of hydrogen-bond acceptors (Lipinski definition) is 14. The van der Waals surface area contributed by atoms with Crippen molar-refractivity contribution < 1.29 is 47.8 Å². The second-order valence-corrected chi connectivity index (χ2v) is 15.9. The van der Waals surface area contributed by atoms with Crippen LogP contribution in [-0.2, 0) is 47.8 Å². The van der Waals surface area contributed by atoms with E-state index < -0.39 is 66.2 Å². The van der Waals surface area contributed by atoms with Crippen molar-refractivity contribution in [2.75, 3.05) is 45.4 Å². The van der Waals surface area contributed by atoms with Crippen LogP contribution < -0.4 is 38.1 Å². The standard InChI is InChI=1S/C37H67N7O10S2/c1-5-7-9-11-13-21-40-35(50)26(38)15-18-31(46)43-28(30(45)17-20-33(48)53-3)24-55-56-25-29(37(52)42-23-34(49)54-4)44-32(47)19-16-27(39)36(51)41-22-14-12-10-8-6-2/h26-29H,5-25,38-39H2,1-4H3,(H,40,50)(H,41,51)(H,42,52)(H,43,46)(H,44,47). The maximum absolute atomic E-state index is 13.1. The molecular formula is C37H67N7O10S2. The molecule has 322 valence electrons. The van der Waals surface area contributed by atoms with Gasteiger partial charge in [0.15, 0.2) is 5.78 Å². The van der Waals surface area contributed by atoms with E-state index in [0.29, 0.717) is 13.1 Å². The number of ether oxygens (including phenoxy) is 2. The van der Waals surface area contributed by atoms with Gasteiger partial charge < -0.3 is 47.5 Å². The average molecular weight is 834 g/mol. The normalized spacial score (nSPS) is 13.0. The van der Waals surface area contributed by atoms with Gasteiger partial charge in [-0.25, -0.2) is 0 Å². The van der Waals surface area contributed by atoms with Crippen LogP contribution >= 0.6 is 21.6 Å². The summed E-state index contributed by atoms with van der Waals surface area (Å²) in [4.78, 5) is 99.8. The van der Waals surface area contributed by atoms with E-state index in [9.17, 15) is 38.4 Å². The summed E-state index contributed by atoms with van der Waals surface area (Å²) < 4.78 is 9.20. The first kappa shape index (κ1) is 52.6. The molecule has 0 spiro atoms. The van der Waals surface area contributed by atoms with E-state index in [4.69, 9.17) is 11.5 Å². The van der Waals surface area contributed by atoms with Crippen LogP contribution in [0.25, 0.3) is 0 Å². The number of carbonyl (C=O) groups excluding carboxylic acids is 8. The summed E-state index contributed by atoms with van der Waals surface area (Å²) in [5.74, 6) is -4.15. The van der Waals surface area contributed by atoms with Crippen molar-refractivity contribution >= 4 is 68.8 Å². The molecule has 0 radical (unpaired) electrons. The number of nitrogens with one attached hydrogen (secondary N) is 5. The van der Waals surface area contributed by atoms with Gasteiger partial charge in [0.1, 0.15) is 12.6 Å². The highest BCUT2D eigenvalue weighted by Gasteiger charge is 2.26. The molecule has 0 heterocycles. The fourth-order valence-electron chi connectivity index (χ4n) is 5.00. The number of nitrogens with two attached hydrogens (primary N) is 2. The Labute approximate surface area is 339 Å². The van der Waals surface area contributed by atoms with Crippen LogP contribution in [0.15, 0.2) is 0 Å². The second kappa shape index (κ2) is 33.7. The highest BCUT2D eigenvalue weighted by atomic mass is 33.1. The first-order valence-electron chi connectivity index (χ1n) is 19.6. The van der Waals surface area contributed by atoms with Gasteiger partial charge in [-0.3, -0.25) is 38.4 Å². The van der Waals surface area contributed by atoms with Crippen molar-refractivity contribution in [1.82, 2.24) is 26.6 Å². The first-order valence-corrected chi connectivity index (χ1v) is 22.1. The van der Waals surface area contributed by atoms with Crippen molar-refractivity contribution in [3.8, 4) is 0 Å². The number of amides is 5. The topological polar surface area (TPSA) is 267 Å². The number of esters is 2. The number of Topliss-reactive ketones (excluding diaryl/α,β-unsaturated/α-hetero) is 1. The SMILES string of the molecule is CCCCCCCNC(=O)C(N)CCC(=O)NC(CSSCC(NC(=O)CCC(N)C(=O)NCCCCCCC)C(=O)NCC(=O)OC)C(=O)CCC(=O)OC. The Bertz CT molecular complexity index is 1120. The van der Waals surface area contributed by atoms with Crippen molar-refractivity contribution in [2.24, 2.45) is 11.5 Å². The molecule has 19 heteroatoms. The number of carbonyl (C=O) groups is 8. The lowest BCUT2D eigenvalue weighted by Crippen LogP contribution is -2.49. The van der Waals surface area contributed by atoms with Gasteiger partial charge in [-0.15, -0.1) is 0 Å². The Hall–Kier alpha value is -3.42. The number of rotatable bonds is 34. The molecule has 4 atom stereocenters.